The largest absolute Gasteiger partial charge is 0.366 e. The Hall–Kier alpha value is -2.43. The summed E-state index contributed by atoms with van der Waals surface area (Å²) in [5, 5.41) is 4.27. The lowest BCUT2D eigenvalue weighted by Gasteiger charge is -2.17. The minimum atomic E-state index is 0.404. The molecule has 1 unspecified atom stereocenters. The van der Waals surface area contributed by atoms with Gasteiger partial charge < -0.3 is 5.32 Å². The smallest absolute Gasteiger partial charge is 0.130 e. The van der Waals surface area contributed by atoms with Gasteiger partial charge in [-0.25, -0.2) is 9.97 Å². The Morgan fingerprint density at radius 3 is 2.77 bits per heavy atom. The molecule has 1 aliphatic heterocycles. The van der Waals surface area contributed by atoms with Crippen LogP contribution in [0.15, 0.2) is 67.0 Å². The van der Waals surface area contributed by atoms with Crippen molar-refractivity contribution < 1.29 is 0 Å². The number of halogens is 1. The summed E-state index contributed by atoms with van der Waals surface area (Å²) in [6.45, 7) is 3.11. The van der Waals surface area contributed by atoms with Crippen molar-refractivity contribution in [1.29, 1.82) is 0 Å². The normalized spacial score (nSPS) is 17.3. The molecule has 1 N–H and O–H groups in total. The Kier molecular flexibility index (Phi) is 5.14. The zero-order valence-electron chi connectivity index (χ0n) is 14.5. The molecule has 1 atom stereocenters. The number of hydrogen-bond donors (Lipinski definition) is 1. The van der Waals surface area contributed by atoms with Gasteiger partial charge >= 0.3 is 0 Å². The summed E-state index contributed by atoms with van der Waals surface area (Å²) in [6, 6.07) is 20.7. The van der Waals surface area contributed by atoms with Crippen molar-refractivity contribution in [2.24, 2.45) is 0 Å². The second-order valence-corrected chi connectivity index (χ2v) is 7.09. The van der Waals surface area contributed by atoms with Gasteiger partial charge in [0.2, 0.25) is 0 Å². The van der Waals surface area contributed by atoms with Crippen LogP contribution in [0.25, 0.3) is 11.3 Å². The highest BCUT2D eigenvalue weighted by Gasteiger charge is 2.22. The van der Waals surface area contributed by atoms with E-state index < -0.39 is 0 Å². The zero-order chi connectivity index (χ0) is 17.8. The molecule has 26 heavy (non-hydrogen) atoms. The molecule has 0 bridgehead atoms. The molecule has 0 radical (unpaired) electrons. The van der Waals surface area contributed by atoms with Crippen LogP contribution in [0.5, 0.6) is 0 Å². The number of hydrogen-bond acceptors (Lipinski definition) is 4. The van der Waals surface area contributed by atoms with Crippen molar-refractivity contribution in [2.45, 2.75) is 19.0 Å². The first-order valence-corrected chi connectivity index (χ1v) is 9.25. The van der Waals surface area contributed by atoms with Crippen LogP contribution in [0, 0.1) is 0 Å². The van der Waals surface area contributed by atoms with E-state index in [1.54, 1.807) is 6.33 Å². The van der Waals surface area contributed by atoms with E-state index in [1.807, 2.05) is 30.3 Å². The molecule has 0 amide bonds. The molecule has 0 spiro atoms. The van der Waals surface area contributed by atoms with Crippen LogP contribution in [0.4, 0.5) is 5.82 Å². The van der Waals surface area contributed by atoms with Crippen molar-refractivity contribution in [3.8, 4) is 11.3 Å². The molecule has 3 aromatic rings. The summed E-state index contributed by atoms with van der Waals surface area (Å²) < 4.78 is 0. The highest BCUT2D eigenvalue weighted by Crippen LogP contribution is 2.23. The Balaban J connectivity index is 1.40. The number of nitrogens with one attached hydrogen (secondary N) is 1. The van der Waals surface area contributed by atoms with Gasteiger partial charge in [0, 0.05) is 42.3 Å². The van der Waals surface area contributed by atoms with Gasteiger partial charge in [0.1, 0.15) is 12.1 Å². The Bertz CT molecular complexity index is 869. The molecule has 0 aliphatic carbocycles. The minimum absolute atomic E-state index is 0.404. The van der Waals surface area contributed by atoms with Crippen molar-refractivity contribution in [1.82, 2.24) is 14.9 Å². The molecule has 132 valence electrons. The second-order valence-electron chi connectivity index (χ2n) is 6.65. The Morgan fingerprint density at radius 1 is 1.04 bits per heavy atom. The number of likely N-dealkylation sites (tertiary alicyclic amines) is 1. The van der Waals surface area contributed by atoms with Crippen LogP contribution in [-0.2, 0) is 6.54 Å². The summed E-state index contributed by atoms with van der Waals surface area (Å²) in [6.07, 6.45) is 2.72. The zero-order valence-corrected chi connectivity index (χ0v) is 15.2. The van der Waals surface area contributed by atoms with Gasteiger partial charge in [0.05, 0.1) is 5.69 Å². The molecule has 1 saturated heterocycles. The number of nitrogens with zero attached hydrogens (tertiary/aromatic N) is 3. The van der Waals surface area contributed by atoms with Crippen LogP contribution in [0.1, 0.15) is 12.0 Å². The first-order valence-electron chi connectivity index (χ1n) is 8.87. The highest BCUT2D eigenvalue weighted by atomic mass is 35.5. The molecule has 1 fully saturated rings. The van der Waals surface area contributed by atoms with Crippen LogP contribution < -0.4 is 5.32 Å². The van der Waals surface area contributed by atoms with Crippen LogP contribution in [0.2, 0.25) is 5.02 Å². The number of aromatic nitrogens is 2. The van der Waals surface area contributed by atoms with Crippen LogP contribution >= 0.6 is 11.6 Å². The average Bonchev–Trinajstić information content (AvgIpc) is 3.09. The van der Waals surface area contributed by atoms with E-state index in [1.165, 1.54) is 5.56 Å². The lowest BCUT2D eigenvalue weighted by Crippen LogP contribution is -2.26. The number of anilines is 1. The first kappa shape index (κ1) is 17.0. The topological polar surface area (TPSA) is 41.0 Å². The van der Waals surface area contributed by atoms with Crippen molar-refractivity contribution >= 4 is 17.4 Å². The summed E-state index contributed by atoms with van der Waals surface area (Å²) >= 11 is 6.09. The predicted octanol–water partition coefficient (Wildman–Crippen LogP) is 4.48. The average molecular weight is 365 g/mol. The fourth-order valence-corrected chi connectivity index (χ4v) is 3.58. The number of benzene rings is 2. The molecule has 4 nitrogen and oxygen atoms in total. The SMILES string of the molecule is Clc1cccc(-c2cc(NC3CCN(Cc4ccccc4)C3)ncn2)c1. The lowest BCUT2D eigenvalue weighted by atomic mass is 10.1. The molecule has 4 rings (SSSR count). The molecule has 1 aromatic heterocycles. The van der Waals surface area contributed by atoms with E-state index in [4.69, 9.17) is 11.6 Å². The van der Waals surface area contributed by atoms with Gasteiger partial charge in [-0.3, -0.25) is 4.90 Å². The van der Waals surface area contributed by atoms with Crippen molar-refractivity contribution in [3.63, 3.8) is 0 Å². The van der Waals surface area contributed by atoms with E-state index in [9.17, 15) is 0 Å². The van der Waals surface area contributed by atoms with E-state index in [2.05, 4.69) is 50.5 Å². The molecule has 2 heterocycles. The number of rotatable bonds is 5. The van der Waals surface area contributed by atoms with Crippen molar-refractivity contribution in [3.05, 3.63) is 77.6 Å². The summed E-state index contributed by atoms with van der Waals surface area (Å²) in [5.74, 6) is 0.863. The maximum Gasteiger partial charge on any atom is 0.130 e. The minimum Gasteiger partial charge on any atom is -0.366 e. The van der Waals surface area contributed by atoms with Crippen molar-refractivity contribution in [2.75, 3.05) is 18.4 Å². The maximum atomic E-state index is 6.09. The van der Waals surface area contributed by atoms with Gasteiger partial charge in [0.25, 0.3) is 0 Å². The van der Waals surface area contributed by atoms with Gasteiger partial charge in [-0.1, -0.05) is 54.1 Å². The molecular weight excluding hydrogens is 344 g/mol. The van der Waals surface area contributed by atoms with E-state index in [-0.39, 0.29) is 0 Å². The highest BCUT2D eigenvalue weighted by molar-refractivity contribution is 6.30. The van der Waals surface area contributed by atoms with Gasteiger partial charge in [-0.2, -0.15) is 0 Å². The van der Waals surface area contributed by atoms with Gasteiger partial charge in [-0.05, 0) is 24.1 Å². The van der Waals surface area contributed by atoms with Gasteiger partial charge in [-0.15, -0.1) is 0 Å². The Morgan fingerprint density at radius 2 is 1.92 bits per heavy atom. The second kappa shape index (κ2) is 7.85. The molecule has 0 saturated carbocycles. The Labute approximate surface area is 158 Å². The van der Waals surface area contributed by atoms with E-state index in [0.717, 1.165) is 43.1 Å². The summed E-state index contributed by atoms with van der Waals surface area (Å²) in [4.78, 5) is 11.2. The summed E-state index contributed by atoms with van der Waals surface area (Å²) in [5.41, 5.74) is 3.24. The summed E-state index contributed by atoms with van der Waals surface area (Å²) in [7, 11) is 0. The third kappa shape index (κ3) is 4.21. The molecule has 1 aliphatic rings. The molecule has 5 heteroatoms. The van der Waals surface area contributed by atoms with E-state index >= 15 is 0 Å². The standard InChI is InChI=1S/C21H21ClN4/c22-18-8-4-7-17(11-18)20-12-21(24-15-23-20)25-19-9-10-26(14-19)13-16-5-2-1-3-6-16/h1-8,11-12,15,19H,9-10,13-14H2,(H,23,24,25). The lowest BCUT2D eigenvalue weighted by molar-refractivity contribution is 0.328. The first-order chi connectivity index (χ1) is 12.8. The molecule has 2 aromatic carbocycles. The van der Waals surface area contributed by atoms with Crippen LogP contribution in [0.3, 0.4) is 0 Å². The van der Waals surface area contributed by atoms with E-state index in [0.29, 0.717) is 11.1 Å². The van der Waals surface area contributed by atoms with Gasteiger partial charge in [0.15, 0.2) is 0 Å². The maximum absolute atomic E-state index is 6.09. The molecular formula is C21H21ClN4. The quantitative estimate of drug-likeness (QED) is 0.724. The fraction of sp³-hybridized carbons (Fsp3) is 0.238. The fourth-order valence-electron chi connectivity index (χ4n) is 3.39. The van der Waals surface area contributed by atoms with Crippen LogP contribution in [-0.4, -0.2) is 34.0 Å². The predicted molar refractivity (Wildman–Crippen MR) is 106 cm³/mol. The third-order valence-corrected chi connectivity index (χ3v) is 4.90. The monoisotopic (exact) mass is 364 g/mol. The third-order valence-electron chi connectivity index (χ3n) is 4.66.